The molecule has 0 saturated carbocycles. The van der Waals surface area contributed by atoms with Gasteiger partial charge in [-0.05, 0) is 43.7 Å². The summed E-state index contributed by atoms with van der Waals surface area (Å²) in [7, 11) is 1.85. The maximum atomic E-state index is 4.61. The lowest BCUT2D eigenvalue weighted by molar-refractivity contribution is 1.10. The van der Waals surface area contributed by atoms with Crippen LogP contribution in [-0.4, -0.2) is 27.0 Å². The zero-order valence-corrected chi connectivity index (χ0v) is 15.0. The molecule has 0 radical (unpaired) electrons. The standard InChI is InChI=1S/C20H20N6/c1-12-4-5-15(25-20-24-13(2)8-19(21-3)26-20)9-16(12)18-10-17-14(11-23-18)6-7-22-17/h4-11,22H,1-3H3,(H2,21,24,25,26). The monoisotopic (exact) mass is 344 g/mol. The number of hydrogen-bond donors (Lipinski definition) is 3. The van der Waals surface area contributed by atoms with Gasteiger partial charge < -0.3 is 15.6 Å². The zero-order chi connectivity index (χ0) is 18.1. The lowest BCUT2D eigenvalue weighted by atomic mass is 10.0. The number of rotatable bonds is 4. The highest BCUT2D eigenvalue weighted by Crippen LogP contribution is 2.28. The van der Waals surface area contributed by atoms with Gasteiger partial charge in [-0.1, -0.05) is 6.07 Å². The van der Waals surface area contributed by atoms with E-state index in [-0.39, 0.29) is 0 Å². The molecule has 3 heterocycles. The van der Waals surface area contributed by atoms with Crippen molar-refractivity contribution in [1.29, 1.82) is 0 Å². The highest BCUT2D eigenvalue weighted by molar-refractivity contribution is 5.83. The van der Waals surface area contributed by atoms with E-state index in [4.69, 9.17) is 0 Å². The molecule has 6 nitrogen and oxygen atoms in total. The molecule has 0 amide bonds. The van der Waals surface area contributed by atoms with Crippen LogP contribution in [0.1, 0.15) is 11.3 Å². The number of nitrogens with zero attached hydrogens (tertiary/aromatic N) is 3. The van der Waals surface area contributed by atoms with Crippen molar-refractivity contribution in [2.75, 3.05) is 17.7 Å². The molecule has 0 fully saturated rings. The fraction of sp³-hybridized carbons (Fsp3) is 0.150. The van der Waals surface area contributed by atoms with Crippen LogP contribution in [0.3, 0.4) is 0 Å². The van der Waals surface area contributed by atoms with Gasteiger partial charge in [0.2, 0.25) is 5.95 Å². The lowest BCUT2D eigenvalue weighted by Crippen LogP contribution is -2.02. The predicted molar refractivity (Wildman–Crippen MR) is 106 cm³/mol. The lowest BCUT2D eigenvalue weighted by Gasteiger charge is -2.11. The minimum Gasteiger partial charge on any atom is -0.373 e. The normalized spacial score (nSPS) is 10.9. The molecule has 1 aromatic carbocycles. The molecule has 3 N–H and O–H groups in total. The van der Waals surface area contributed by atoms with Crippen LogP contribution in [0.15, 0.2) is 48.8 Å². The van der Waals surface area contributed by atoms with Crippen molar-refractivity contribution < 1.29 is 0 Å². The van der Waals surface area contributed by atoms with Crippen LogP contribution in [0.2, 0.25) is 0 Å². The molecule has 0 aliphatic carbocycles. The van der Waals surface area contributed by atoms with Crippen molar-refractivity contribution >= 4 is 28.4 Å². The summed E-state index contributed by atoms with van der Waals surface area (Å²) in [5, 5.41) is 7.45. The molecule has 26 heavy (non-hydrogen) atoms. The molecular formula is C20H20N6. The van der Waals surface area contributed by atoms with Crippen molar-refractivity contribution in [3.05, 3.63) is 60.0 Å². The second-order valence-corrected chi connectivity index (χ2v) is 6.26. The third kappa shape index (κ3) is 3.09. The molecule has 4 rings (SSSR count). The van der Waals surface area contributed by atoms with E-state index >= 15 is 0 Å². The number of aromatic amines is 1. The number of aryl methyl sites for hydroxylation is 2. The Hall–Kier alpha value is -3.41. The Balaban J connectivity index is 1.71. The summed E-state index contributed by atoms with van der Waals surface area (Å²) in [5.41, 5.74) is 6.07. The van der Waals surface area contributed by atoms with Gasteiger partial charge in [-0.2, -0.15) is 4.98 Å². The number of hydrogen-bond acceptors (Lipinski definition) is 5. The van der Waals surface area contributed by atoms with Gasteiger partial charge in [0.15, 0.2) is 0 Å². The Bertz CT molecular complexity index is 1080. The third-order valence-corrected chi connectivity index (χ3v) is 4.32. The summed E-state index contributed by atoms with van der Waals surface area (Å²) in [6.45, 7) is 4.03. The average Bonchev–Trinajstić information content (AvgIpc) is 3.10. The van der Waals surface area contributed by atoms with Crippen LogP contribution in [0.25, 0.3) is 22.2 Å². The molecule has 0 unspecified atom stereocenters. The molecule has 3 aromatic heterocycles. The predicted octanol–water partition coefficient (Wildman–Crippen LogP) is 4.42. The fourth-order valence-electron chi connectivity index (χ4n) is 2.95. The van der Waals surface area contributed by atoms with Crippen LogP contribution in [-0.2, 0) is 0 Å². The minimum absolute atomic E-state index is 0.567. The first-order chi connectivity index (χ1) is 12.6. The molecule has 6 heteroatoms. The summed E-state index contributed by atoms with van der Waals surface area (Å²) in [6, 6.07) is 12.2. The van der Waals surface area contributed by atoms with E-state index < -0.39 is 0 Å². The summed E-state index contributed by atoms with van der Waals surface area (Å²) in [6.07, 6.45) is 3.82. The first-order valence-electron chi connectivity index (χ1n) is 8.47. The summed E-state index contributed by atoms with van der Waals surface area (Å²) in [5.74, 6) is 1.35. The highest BCUT2D eigenvalue weighted by atomic mass is 15.1. The smallest absolute Gasteiger partial charge is 0.229 e. The van der Waals surface area contributed by atoms with Crippen molar-refractivity contribution in [1.82, 2.24) is 19.9 Å². The van der Waals surface area contributed by atoms with Crippen molar-refractivity contribution in [2.45, 2.75) is 13.8 Å². The van der Waals surface area contributed by atoms with Gasteiger partial charge in [-0.3, -0.25) is 4.98 Å². The van der Waals surface area contributed by atoms with Gasteiger partial charge in [0.25, 0.3) is 0 Å². The van der Waals surface area contributed by atoms with Gasteiger partial charge in [0.1, 0.15) is 5.82 Å². The Labute approximate surface area is 151 Å². The average molecular weight is 344 g/mol. The Kier molecular flexibility index (Phi) is 4.01. The number of benzene rings is 1. The van der Waals surface area contributed by atoms with E-state index in [1.165, 1.54) is 0 Å². The van der Waals surface area contributed by atoms with E-state index in [9.17, 15) is 0 Å². The first kappa shape index (κ1) is 16.1. The molecule has 0 saturated heterocycles. The van der Waals surface area contributed by atoms with Crippen molar-refractivity contribution in [3.8, 4) is 11.3 Å². The zero-order valence-electron chi connectivity index (χ0n) is 15.0. The summed E-state index contributed by atoms with van der Waals surface area (Å²) < 4.78 is 0. The third-order valence-electron chi connectivity index (χ3n) is 4.32. The van der Waals surface area contributed by atoms with E-state index in [2.05, 4.69) is 55.7 Å². The molecular weight excluding hydrogens is 324 g/mol. The van der Waals surface area contributed by atoms with Crippen molar-refractivity contribution in [3.63, 3.8) is 0 Å². The van der Waals surface area contributed by atoms with Crippen LogP contribution in [0, 0.1) is 13.8 Å². The highest BCUT2D eigenvalue weighted by Gasteiger charge is 2.08. The van der Waals surface area contributed by atoms with E-state index in [1.54, 1.807) is 0 Å². The van der Waals surface area contributed by atoms with Gasteiger partial charge in [0.05, 0.1) is 5.69 Å². The molecule has 0 aliphatic rings. The van der Waals surface area contributed by atoms with Crippen molar-refractivity contribution in [2.24, 2.45) is 0 Å². The number of aromatic nitrogens is 4. The first-order valence-corrected chi connectivity index (χ1v) is 8.47. The topological polar surface area (TPSA) is 78.5 Å². The van der Waals surface area contributed by atoms with Crippen LogP contribution in [0.5, 0.6) is 0 Å². The molecule has 4 aromatic rings. The number of pyridine rings is 1. The Morgan fingerprint density at radius 3 is 2.73 bits per heavy atom. The minimum atomic E-state index is 0.567. The second-order valence-electron chi connectivity index (χ2n) is 6.26. The van der Waals surface area contributed by atoms with Gasteiger partial charge in [-0.25, -0.2) is 4.98 Å². The summed E-state index contributed by atoms with van der Waals surface area (Å²) in [4.78, 5) is 16.8. The van der Waals surface area contributed by atoms with Crippen LogP contribution < -0.4 is 10.6 Å². The quantitative estimate of drug-likeness (QED) is 0.511. The molecule has 0 bridgehead atoms. The second kappa shape index (κ2) is 6.48. The largest absolute Gasteiger partial charge is 0.373 e. The van der Waals surface area contributed by atoms with Gasteiger partial charge in [-0.15, -0.1) is 0 Å². The van der Waals surface area contributed by atoms with Gasteiger partial charge in [0, 0.05) is 53.4 Å². The Morgan fingerprint density at radius 2 is 1.88 bits per heavy atom. The number of fused-ring (bicyclic) bond motifs is 1. The van der Waals surface area contributed by atoms with E-state index in [0.29, 0.717) is 5.95 Å². The van der Waals surface area contributed by atoms with Crippen LogP contribution in [0.4, 0.5) is 17.5 Å². The van der Waals surface area contributed by atoms with Gasteiger partial charge >= 0.3 is 0 Å². The molecule has 0 aliphatic heterocycles. The van der Waals surface area contributed by atoms with Crippen LogP contribution >= 0.6 is 0 Å². The fourth-order valence-corrected chi connectivity index (χ4v) is 2.95. The van der Waals surface area contributed by atoms with E-state index in [1.807, 2.05) is 44.6 Å². The molecule has 0 spiro atoms. The maximum absolute atomic E-state index is 4.61. The number of nitrogens with one attached hydrogen (secondary N) is 3. The molecule has 0 atom stereocenters. The Morgan fingerprint density at radius 1 is 1.00 bits per heavy atom. The number of anilines is 3. The SMILES string of the molecule is CNc1cc(C)nc(Nc2ccc(C)c(-c3cc4[nH]ccc4cn3)c2)n1. The molecule has 130 valence electrons. The maximum Gasteiger partial charge on any atom is 0.229 e. The number of H-pyrrole nitrogens is 1. The summed E-state index contributed by atoms with van der Waals surface area (Å²) >= 11 is 0. The van der Waals surface area contributed by atoms with E-state index in [0.717, 1.165) is 44.9 Å².